The molecule has 2 aromatic carbocycles. The maximum absolute atomic E-state index is 12.5. The topological polar surface area (TPSA) is 93.7 Å². The van der Waals surface area contributed by atoms with Crippen molar-refractivity contribution in [2.45, 2.75) is 11.3 Å². The second-order valence-electron chi connectivity index (χ2n) is 5.12. The minimum Gasteiger partial charge on any atom is -0.496 e. The van der Waals surface area contributed by atoms with Crippen molar-refractivity contribution in [2.75, 3.05) is 18.9 Å². The number of ether oxygens (including phenoxy) is 2. The molecule has 0 aliphatic rings. The second-order valence-corrected chi connectivity index (χ2v) is 6.80. The molecule has 1 amide bonds. The van der Waals surface area contributed by atoms with Crippen molar-refractivity contribution >= 4 is 21.6 Å². The van der Waals surface area contributed by atoms with Gasteiger partial charge in [-0.3, -0.25) is 9.52 Å². The molecule has 0 atom stereocenters. The minimum absolute atomic E-state index is 0.0109. The highest BCUT2D eigenvalue weighted by molar-refractivity contribution is 7.92. The maximum Gasteiger partial charge on any atom is 0.573 e. The number of benzene rings is 2. The monoisotopic (exact) mass is 404 g/mol. The first-order valence-electron chi connectivity index (χ1n) is 7.34. The van der Waals surface area contributed by atoms with Crippen LogP contribution in [0.2, 0.25) is 0 Å². The molecule has 0 radical (unpaired) electrons. The summed E-state index contributed by atoms with van der Waals surface area (Å²) >= 11 is 0. The Morgan fingerprint density at radius 1 is 1.07 bits per heavy atom. The zero-order valence-electron chi connectivity index (χ0n) is 14.1. The fourth-order valence-corrected chi connectivity index (χ4v) is 3.19. The Kier molecular flexibility index (Phi) is 5.84. The first-order chi connectivity index (χ1) is 12.6. The molecular formula is C16H15F3N2O5S. The molecule has 0 saturated carbocycles. The van der Waals surface area contributed by atoms with Gasteiger partial charge in [-0.2, -0.15) is 0 Å². The molecule has 0 aliphatic carbocycles. The third-order valence-corrected chi connectivity index (χ3v) is 4.67. The molecule has 27 heavy (non-hydrogen) atoms. The number of rotatable bonds is 6. The van der Waals surface area contributed by atoms with Crippen LogP contribution in [0.5, 0.6) is 11.5 Å². The van der Waals surface area contributed by atoms with Gasteiger partial charge in [-0.15, -0.1) is 13.2 Å². The van der Waals surface area contributed by atoms with Gasteiger partial charge in [0.2, 0.25) is 0 Å². The Hall–Kier alpha value is -2.95. The minimum atomic E-state index is -4.85. The molecule has 0 bridgehead atoms. The highest BCUT2D eigenvalue weighted by Crippen LogP contribution is 2.26. The molecule has 0 saturated heterocycles. The van der Waals surface area contributed by atoms with Gasteiger partial charge in [-0.1, -0.05) is 0 Å². The van der Waals surface area contributed by atoms with E-state index >= 15 is 0 Å². The van der Waals surface area contributed by atoms with E-state index in [1.165, 1.54) is 26.3 Å². The Morgan fingerprint density at radius 2 is 1.70 bits per heavy atom. The van der Waals surface area contributed by atoms with Gasteiger partial charge in [0, 0.05) is 12.7 Å². The van der Waals surface area contributed by atoms with Crippen molar-refractivity contribution in [1.29, 1.82) is 0 Å². The Balaban J connectivity index is 2.27. The van der Waals surface area contributed by atoms with E-state index in [0.29, 0.717) is 0 Å². The van der Waals surface area contributed by atoms with Crippen molar-refractivity contribution < 1.29 is 35.9 Å². The average Bonchev–Trinajstić information content (AvgIpc) is 2.60. The summed E-state index contributed by atoms with van der Waals surface area (Å²) in [5, 5.41) is 2.37. The Bertz CT molecular complexity index is 928. The number of sulfonamides is 1. The van der Waals surface area contributed by atoms with Crippen molar-refractivity contribution in [2.24, 2.45) is 0 Å². The molecule has 0 heterocycles. The summed E-state index contributed by atoms with van der Waals surface area (Å²) in [5.74, 6) is -0.851. The highest BCUT2D eigenvalue weighted by Gasteiger charge is 2.31. The molecule has 7 nitrogen and oxygen atoms in total. The van der Waals surface area contributed by atoms with E-state index in [9.17, 15) is 26.4 Å². The predicted molar refractivity (Wildman–Crippen MR) is 90.3 cm³/mol. The van der Waals surface area contributed by atoms with Gasteiger partial charge in [0.1, 0.15) is 11.5 Å². The van der Waals surface area contributed by atoms with Gasteiger partial charge >= 0.3 is 6.36 Å². The Labute approximate surface area is 153 Å². The quantitative estimate of drug-likeness (QED) is 0.772. The summed E-state index contributed by atoms with van der Waals surface area (Å²) in [6.45, 7) is 0. The van der Waals surface area contributed by atoms with Crippen LogP contribution in [-0.4, -0.2) is 34.8 Å². The van der Waals surface area contributed by atoms with Crippen molar-refractivity contribution in [1.82, 2.24) is 5.32 Å². The zero-order chi connectivity index (χ0) is 20.2. The van der Waals surface area contributed by atoms with Gasteiger partial charge in [0.15, 0.2) is 0 Å². The first kappa shape index (κ1) is 20.4. The number of carbonyl (C=O) groups excluding carboxylic acids is 1. The highest BCUT2D eigenvalue weighted by atomic mass is 32.2. The number of nitrogens with one attached hydrogen (secondary N) is 2. The number of hydrogen-bond acceptors (Lipinski definition) is 5. The molecule has 2 N–H and O–H groups in total. The molecule has 0 spiro atoms. The predicted octanol–water partition coefficient (Wildman–Crippen LogP) is 2.75. The summed E-state index contributed by atoms with van der Waals surface area (Å²) < 4.78 is 72.4. The standard InChI is InChI=1S/C16H15F3N2O5S/c1-20-15(22)13-9-12(7-8-14(13)25-2)27(23,24)21-10-3-5-11(6-4-10)26-16(17,18)19/h3-9,21H,1-2H3,(H,20,22). The summed E-state index contributed by atoms with van der Waals surface area (Å²) in [4.78, 5) is 11.6. The number of halogens is 3. The lowest BCUT2D eigenvalue weighted by atomic mass is 10.2. The third-order valence-electron chi connectivity index (χ3n) is 3.29. The number of hydrogen-bond donors (Lipinski definition) is 2. The van der Waals surface area contributed by atoms with E-state index in [1.54, 1.807) is 0 Å². The van der Waals surface area contributed by atoms with Crippen LogP contribution in [-0.2, 0) is 10.0 Å². The van der Waals surface area contributed by atoms with Crippen LogP contribution in [0, 0.1) is 0 Å². The molecule has 11 heteroatoms. The maximum atomic E-state index is 12.5. The van der Waals surface area contributed by atoms with Crippen LogP contribution >= 0.6 is 0 Å². The van der Waals surface area contributed by atoms with Gasteiger partial charge in [0.25, 0.3) is 15.9 Å². The number of anilines is 1. The number of carbonyl (C=O) groups is 1. The van der Waals surface area contributed by atoms with Gasteiger partial charge in [-0.05, 0) is 42.5 Å². The normalized spacial score (nSPS) is 11.6. The third kappa shape index (κ3) is 5.26. The van der Waals surface area contributed by atoms with Crippen molar-refractivity contribution in [3.63, 3.8) is 0 Å². The largest absolute Gasteiger partial charge is 0.573 e. The lowest BCUT2D eigenvalue weighted by Gasteiger charge is -2.13. The summed E-state index contributed by atoms with van der Waals surface area (Å²) in [6, 6.07) is 7.84. The molecular weight excluding hydrogens is 389 g/mol. The molecule has 2 rings (SSSR count). The van der Waals surface area contributed by atoms with E-state index < -0.39 is 28.0 Å². The average molecular weight is 404 g/mol. The second kappa shape index (κ2) is 7.74. The number of alkyl halides is 3. The van der Waals surface area contributed by atoms with Gasteiger partial charge in [0.05, 0.1) is 17.6 Å². The van der Waals surface area contributed by atoms with Gasteiger partial charge in [-0.25, -0.2) is 8.42 Å². The van der Waals surface area contributed by atoms with Crippen LogP contribution in [0.3, 0.4) is 0 Å². The molecule has 0 fully saturated rings. The van der Waals surface area contributed by atoms with E-state index in [0.717, 1.165) is 30.3 Å². The lowest BCUT2D eigenvalue weighted by Crippen LogP contribution is -2.20. The first-order valence-corrected chi connectivity index (χ1v) is 8.83. The zero-order valence-corrected chi connectivity index (χ0v) is 14.9. The SMILES string of the molecule is CNC(=O)c1cc(S(=O)(=O)Nc2ccc(OC(F)(F)F)cc2)ccc1OC. The molecule has 0 aliphatic heterocycles. The van der Waals surface area contributed by atoms with E-state index in [2.05, 4.69) is 14.8 Å². The number of amides is 1. The van der Waals surface area contributed by atoms with Crippen molar-refractivity contribution in [3.05, 3.63) is 48.0 Å². The summed E-state index contributed by atoms with van der Waals surface area (Å²) in [5.41, 5.74) is 0.0265. The van der Waals surface area contributed by atoms with Crippen LogP contribution in [0.4, 0.5) is 18.9 Å². The fraction of sp³-hybridized carbons (Fsp3) is 0.188. The summed E-state index contributed by atoms with van der Waals surface area (Å²) in [7, 11) is -1.39. The summed E-state index contributed by atoms with van der Waals surface area (Å²) in [6.07, 6.45) is -4.85. The lowest BCUT2D eigenvalue weighted by molar-refractivity contribution is -0.274. The number of methoxy groups -OCH3 is 1. The molecule has 0 unspecified atom stereocenters. The van der Waals surface area contributed by atoms with E-state index in [-0.39, 0.29) is 21.9 Å². The molecule has 0 aromatic heterocycles. The molecule has 146 valence electrons. The van der Waals surface area contributed by atoms with E-state index in [1.807, 2.05) is 0 Å². The van der Waals surface area contributed by atoms with Crippen molar-refractivity contribution in [3.8, 4) is 11.5 Å². The van der Waals surface area contributed by atoms with Crippen LogP contribution < -0.4 is 19.5 Å². The van der Waals surface area contributed by atoms with Crippen LogP contribution in [0.1, 0.15) is 10.4 Å². The van der Waals surface area contributed by atoms with Gasteiger partial charge < -0.3 is 14.8 Å². The molecule has 2 aromatic rings. The smallest absolute Gasteiger partial charge is 0.496 e. The fourth-order valence-electron chi connectivity index (χ4n) is 2.11. The van der Waals surface area contributed by atoms with Crippen LogP contribution in [0.15, 0.2) is 47.4 Å². The van der Waals surface area contributed by atoms with E-state index in [4.69, 9.17) is 4.74 Å². The Morgan fingerprint density at radius 3 is 2.22 bits per heavy atom. The van der Waals surface area contributed by atoms with Crippen LogP contribution in [0.25, 0.3) is 0 Å².